The number of rotatable bonds is 3. The Kier molecular flexibility index (Phi) is 3.51. The molecular formula is C17H14N2O2. The molecule has 0 atom stereocenters. The molecule has 0 saturated carbocycles. The monoisotopic (exact) mass is 278 g/mol. The van der Waals surface area contributed by atoms with E-state index in [1.807, 2.05) is 54.7 Å². The van der Waals surface area contributed by atoms with Gasteiger partial charge in [-0.05, 0) is 18.2 Å². The number of esters is 1. The Hall–Kier alpha value is -2.88. The van der Waals surface area contributed by atoms with Crippen LogP contribution in [0.4, 0.5) is 0 Å². The normalized spacial score (nSPS) is 11.1. The van der Waals surface area contributed by atoms with Gasteiger partial charge in [-0.25, -0.2) is 9.31 Å². The number of carbonyl (C=O) groups is 1. The summed E-state index contributed by atoms with van der Waals surface area (Å²) in [5.74, 6) is -0.385. The maximum absolute atomic E-state index is 11.4. The summed E-state index contributed by atoms with van der Waals surface area (Å²) >= 11 is 0. The Morgan fingerprint density at radius 3 is 2.67 bits per heavy atom. The number of carbonyl (C=O) groups excluding carboxylic acids is 1. The average molecular weight is 278 g/mol. The summed E-state index contributed by atoms with van der Waals surface area (Å²) in [4.78, 5) is 11.4. The number of hydrogen-bond acceptors (Lipinski definition) is 3. The van der Waals surface area contributed by atoms with E-state index in [9.17, 15) is 4.79 Å². The molecule has 0 N–H and O–H groups in total. The maximum atomic E-state index is 11.4. The minimum Gasteiger partial charge on any atom is -0.466 e. The third-order valence-electron chi connectivity index (χ3n) is 3.21. The van der Waals surface area contributed by atoms with Crippen LogP contribution < -0.4 is 0 Å². The van der Waals surface area contributed by atoms with E-state index in [2.05, 4.69) is 9.84 Å². The van der Waals surface area contributed by atoms with Crippen LogP contribution in [0.25, 0.3) is 22.9 Å². The van der Waals surface area contributed by atoms with Gasteiger partial charge in [-0.3, -0.25) is 0 Å². The van der Waals surface area contributed by atoms with Gasteiger partial charge < -0.3 is 4.74 Å². The van der Waals surface area contributed by atoms with E-state index in [1.54, 1.807) is 10.6 Å². The lowest BCUT2D eigenvalue weighted by Gasteiger charge is -1.98. The quantitative estimate of drug-likeness (QED) is 0.546. The van der Waals surface area contributed by atoms with Crippen LogP contribution in [0.5, 0.6) is 0 Å². The molecule has 3 rings (SSSR count). The fourth-order valence-electron chi connectivity index (χ4n) is 2.21. The summed E-state index contributed by atoms with van der Waals surface area (Å²) in [6, 6.07) is 15.7. The van der Waals surface area contributed by atoms with Crippen LogP contribution in [-0.2, 0) is 9.53 Å². The highest BCUT2D eigenvalue weighted by atomic mass is 16.5. The van der Waals surface area contributed by atoms with Gasteiger partial charge in [0.15, 0.2) is 0 Å². The van der Waals surface area contributed by atoms with Crippen molar-refractivity contribution in [3.8, 4) is 11.3 Å². The van der Waals surface area contributed by atoms with Crippen LogP contribution in [0, 0.1) is 0 Å². The summed E-state index contributed by atoms with van der Waals surface area (Å²) in [5.41, 5.74) is 3.68. The van der Waals surface area contributed by atoms with Crippen LogP contribution in [0.3, 0.4) is 0 Å². The van der Waals surface area contributed by atoms with Crippen molar-refractivity contribution in [2.45, 2.75) is 0 Å². The lowest BCUT2D eigenvalue weighted by Crippen LogP contribution is -1.93. The average Bonchev–Trinajstić information content (AvgIpc) is 2.92. The molecule has 2 aromatic heterocycles. The molecule has 0 bridgehead atoms. The first-order valence-corrected chi connectivity index (χ1v) is 6.58. The van der Waals surface area contributed by atoms with Crippen LogP contribution in [0.1, 0.15) is 5.56 Å². The van der Waals surface area contributed by atoms with Gasteiger partial charge in [0.2, 0.25) is 0 Å². The van der Waals surface area contributed by atoms with Crippen molar-refractivity contribution in [1.82, 2.24) is 9.61 Å². The third-order valence-corrected chi connectivity index (χ3v) is 3.21. The number of methoxy groups -OCH3 is 1. The largest absolute Gasteiger partial charge is 0.466 e. The molecule has 3 aromatic rings. The summed E-state index contributed by atoms with van der Waals surface area (Å²) in [7, 11) is 1.36. The van der Waals surface area contributed by atoms with Crippen LogP contribution >= 0.6 is 0 Å². The molecule has 4 nitrogen and oxygen atoms in total. The molecule has 2 heterocycles. The molecule has 0 spiro atoms. The minimum atomic E-state index is -0.385. The van der Waals surface area contributed by atoms with E-state index in [0.717, 1.165) is 22.3 Å². The van der Waals surface area contributed by atoms with Crippen molar-refractivity contribution in [3.05, 3.63) is 66.4 Å². The van der Waals surface area contributed by atoms with Gasteiger partial charge in [-0.2, -0.15) is 5.10 Å². The fraction of sp³-hybridized carbons (Fsp3) is 0.0588. The van der Waals surface area contributed by atoms with Gasteiger partial charge in [0.1, 0.15) is 5.69 Å². The summed E-state index contributed by atoms with van der Waals surface area (Å²) in [6.07, 6.45) is 5.05. The highest BCUT2D eigenvalue weighted by Crippen LogP contribution is 2.27. The maximum Gasteiger partial charge on any atom is 0.330 e. The topological polar surface area (TPSA) is 43.6 Å². The Morgan fingerprint density at radius 2 is 1.90 bits per heavy atom. The van der Waals surface area contributed by atoms with Gasteiger partial charge in [0, 0.05) is 23.4 Å². The Morgan fingerprint density at radius 1 is 1.14 bits per heavy atom. The minimum absolute atomic E-state index is 0.385. The van der Waals surface area contributed by atoms with E-state index < -0.39 is 0 Å². The Labute approximate surface area is 122 Å². The third kappa shape index (κ3) is 2.56. The van der Waals surface area contributed by atoms with Crippen LogP contribution in [0.15, 0.2) is 60.8 Å². The van der Waals surface area contributed by atoms with Gasteiger partial charge in [-0.15, -0.1) is 0 Å². The lowest BCUT2D eigenvalue weighted by molar-refractivity contribution is -0.134. The van der Waals surface area contributed by atoms with Gasteiger partial charge in [0.05, 0.1) is 12.6 Å². The number of nitrogens with zero attached hydrogens (tertiary/aromatic N) is 2. The van der Waals surface area contributed by atoms with Crippen molar-refractivity contribution in [2.75, 3.05) is 7.11 Å². The van der Waals surface area contributed by atoms with E-state index in [4.69, 9.17) is 0 Å². The van der Waals surface area contributed by atoms with Crippen LogP contribution in [0.2, 0.25) is 0 Å². The smallest absolute Gasteiger partial charge is 0.330 e. The van der Waals surface area contributed by atoms with Crippen molar-refractivity contribution >= 4 is 17.6 Å². The molecule has 0 aliphatic carbocycles. The molecule has 4 heteroatoms. The fourth-order valence-corrected chi connectivity index (χ4v) is 2.21. The Balaban J connectivity index is 2.19. The molecule has 1 aromatic carbocycles. The second-order valence-corrected chi connectivity index (χ2v) is 4.52. The molecule has 0 fully saturated rings. The molecule has 0 aliphatic heterocycles. The van der Waals surface area contributed by atoms with Crippen LogP contribution in [-0.4, -0.2) is 22.7 Å². The van der Waals surface area contributed by atoms with Gasteiger partial charge in [0.25, 0.3) is 0 Å². The molecule has 0 aliphatic rings. The molecule has 104 valence electrons. The molecule has 21 heavy (non-hydrogen) atoms. The zero-order chi connectivity index (χ0) is 14.7. The number of ether oxygens (including phenoxy) is 1. The molecule has 0 radical (unpaired) electrons. The van der Waals surface area contributed by atoms with Crippen molar-refractivity contribution < 1.29 is 9.53 Å². The number of pyridine rings is 1. The van der Waals surface area contributed by atoms with Crippen molar-refractivity contribution in [2.24, 2.45) is 0 Å². The first-order valence-electron chi connectivity index (χ1n) is 6.58. The second-order valence-electron chi connectivity index (χ2n) is 4.52. The van der Waals surface area contributed by atoms with E-state index >= 15 is 0 Å². The molecule has 0 saturated heterocycles. The molecule has 0 amide bonds. The highest BCUT2D eigenvalue weighted by molar-refractivity contribution is 5.92. The SMILES string of the molecule is COC(=O)C=Cc1c(-c2ccccc2)nn2ccccc12. The summed E-state index contributed by atoms with van der Waals surface area (Å²) in [6.45, 7) is 0. The summed E-state index contributed by atoms with van der Waals surface area (Å²) in [5, 5.41) is 4.60. The first-order chi connectivity index (χ1) is 10.3. The van der Waals surface area contributed by atoms with Gasteiger partial charge in [-0.1, -0.05) is 36.4 Å². The second kappa shape index (κ2) is 5.63. The summed E-state index contributed by atoms with van der Waals surface area (Å²) < 4.78 is 6.46. The lowest BCUT2D eigenvalue weighted by atomic mass is 10.1. The highest BCUT2D eigenvalue weighted by Gasteiger charge is 2.12. The number of aromatic nitrogens is 2. The van der Waals surface area contributed by atoms with E-state index in [0.29, 0.717) is 0 Å². The number of fused-ring (bicyclic) bond motifs is 1. The Bertz CT molecular complexity index is 804. The predicted molar refractivity (Wildman–Crippen MR) is 81.7 cm³/mol. The number of hydrogen-bond donors (Lipinski definition) is 0. The predicted octanol–water partition coefficient (Wildman–Crippen LogP) is 3.19. The number of benzene rings is 1. The van der Waals surface area contributed by atoms with Gasteiger partial charge >= 0.3 is 5.97 Å². The van der Waals surface area contributed by atoms with Crippen molar-refractivity contribution in [1.29, 1.82) is 0 Å². The van der Waals surface area contributed by atoms with E-state index in [-0.39, 0.29) is 5.97 Å². The first kappa shape index (κ1) is 13.1. The van der Waals surface area contributed by atoms with Crippen molar-refractivity contribution in [3.63, 3.8) is 0 Å². The van der Waals surface area contributed by atoms with E-state index in [1.165, 1.54) is 13.2 Å². The molecular weight excluding hydrogens is 264 g/mol. The zero-order valence-corrected chi connectivity index (χ0v) is 11.6. The zero-order valence-electron chi connectivity index (χ0n) is 11.6. The molecule has 0 unspecified atom stereocenters. The standard InChI is InChI=1S/C17H14N2O2/c1-21-16(20)11-10-14-15-9-5-6-12-19(15)18-17(14)13-7-3-2-4-8-13/h2-12H,1H3.